The molecule has 1 N–H and O–H groups in total. The molecule has 3 nitrogen and oxygen atoms in total. The van der Waals surface area contributed by atoms with Gasteiger partial charge in [0.25, 0.3) is 0 Å². The summed E-state index contributed by atoms with van der Waals surface area (Å²) in [5.41, 5.74) is 5.36. The SMILES string of the molecule is CC1=CC=C2[C@H]3Cc4ccc(O)c5c4[C@@]2(CCN3C)[C@H]1O5. The van der Waals surface area contributed by atoms with Gasteiger partial charge in [-0.2, -0.15) is 0 Å². The molecule has 1 aromatic carbocycles. The number of aromatic hydroxyl groups is 1. The van der Waals surface area contributed by atoms with Gasteiger partial charge in [0.2, 0.25) is 0 Å². The van der Waals surface area contributed by atoms with Crippen molar-refractivity contribution in [3.63, 3.8) is 0 Å². The zero-order chi connectivity index (χ0) is 14.4. The quantitative estimate of drug-likeness (QED) is 0.793. The van der Waals surface area contributed by atoms with Crippen LogP contribution >= 0.6 is 0 Å². The molecule has 21 heavy (non-hydrogen) atoms. The van der Waals surface area contributed by atoms with Crippen LogP contribution in [-0.4, -0.2) is 35.7 Å². The smallest absolute Gasteiger partial charge is 0.166 e. The fourth-order valence-corrected chi connectivity index (χ4v) is 5.00. The molecule has 3 heteroatoms. The minimum Gasteiger partial charge on any atom is -0.504 e. The van der Waals surface area contributed by atoms with Crippen LogP contribution in [0.2, 0.25) is 0 Å². The molecule has 0 unspecified atom stereocenters. The lowest BCUT2D eigenvalue weighted by molar-refractivity contribution is 0.111. The number of rotatable bonds is 0. The Morgan fingerprint density at radius 2 is 2.19 bits per heavy atom. The van der Waals surface area contributed by atoms with Crippen LogP contribution in [0.15, 0.2) is 35.4 Å². The summed E-state index contributed by atoms with van der Waals surface area (Å²) >= 11 is 0. The van der Waals surface area contributed by atoms with Crippen molar-refractivity contribution in [2.75, 3.05) is 13.6 Å². The van der Waals surface area contributed by atoms with E-state index in [0.717, 1.165) is 25.1 Å². The molecule has 0 radical (unpaired) electrons. The highest BCUT2D eigenvalue weighted by molar-refractivity contribution is 5.67. The molecule has 0 amide bonds. The molecule has 3 atom stereocenters. The van der Waals surface area contributed by atoms with E-state index in [0.29, 0.717) is 11.8 Å². The molecule has 1 aromatic rings. The lowest BCUT2D eigenvalue weighted by atomic mass is 9.56. The van der Waals surface area contributed by atoms with Gasteiger partial charge in [0, 0.05) is 11.6 Å². The molecule has 1 fully saturated rings. The van der Waals surface area contributed by atoms with Gasteiger partial charge in [0.1, 0.15) is 6.10 Å². The zero-order valence-electron chi connectivity index (χ0n) is 12.4. The first kappa shape index (κ1) is 11.9. The molecule has 1 spiro atoms. The van der Waals surface area contributed by atoms with Crippen molar-refractivity contribution in [2.24, 2.45) is 0 Å². The summed E-state index contributed by atoms with van der Waals surface area (Å²) in [6.45, 7) is 3.24. The van der Waals surface area contributed by atoms with Crippen molar-refractivity contribution in [3.05, 3.63) is 46.6 Å². The first-order valence-electron chi connectivity index (χ1n) is 7.74. The van der Waals surface area contributed by atoms with Crippen LogP contribution in [0, 0.1) is 0 Å². The first-order valence-corrected chi connectivity index (χ1v) is 7.74. The Morgan fingerprint density at radius 3 is 3.05 bits per heavy atom. The van der Waals surface area contributed by atoms with E-state index < -0.39 is 0 Å². The number of benzene rings is 1. The minimum absolute atomic E-state index is 0.0301. The molecule has 0 saturated carbocycles. The third kappa shape index (κ3) is 1.17. The van der Waals surface area contributed by atoms with Crippen LogP contribution < -0.4 is 4.74 Å². The first-order chi connectivity index (χ1) is 10.1. The Morgan fingerprint density at radius 1 is 1.33 bits per heavy atom. The van der Waals surface area contributed by atoms with Gasteiger partial charge in [0.05, 0.1) is 5.41 Å². The molecule has 108 valence electrons. The fraction of sp³-hybridized carbons (Fsp3) is 0.444. The highest BCUT2D eigenvalue weighted by Crippen LogP contribution is 2.62. The van der Waals surface area contributed by atoms with Gasteiger partial charge < -0.3 is 9.84 Å². The zero-order valence-corrected chi connectivity index (χ0v) is 12.4. The van der Waals surface area contributed by atoms with Crippen molar-refractivity contribution >= 4 is 0 Å². The van der Waals surface area contributed by atoms with Crippen molar-refractivity contribution in [1.29, 1.82) is 0 Å². The second-order valence-corrected chi connectivity index (χ2v) is 6.90. The molecule has 5 rings (SSSR count). The highest BCUT2D eigenvalue weighted by atomic mass is 16.5. The second kappa shape index (κ2) is 3.53. The molecule has 1 saturated heterocycles. The molecule has 0 aromatic heterocycles. The van der Waals surface area contributed by atoms with E-state index in [1.807, 2.05) is 0 Å². The van der Waals surface area contributed by atoms with Gasteiger partial charge in [-0.3, -0.25) is 4.90 Å². The van der Waals surface area contributed by atoms with Crippen LogP contribution in [0.5, 0.6) is 11.5 Å². The van der Waals surface area contributed by atoms with Gasteiger partial charge in [-0.15, -0.1) is 0 Å². The number of likely N-dealkylation sites (N-methyl/N-ethyl adjacent to an activating group) is 1. The van der Waals surface area contributed by atoms with Gasteiger partial charge in [-0.1, -0.05) is 18.2 Å². The Kier molecular flexibility index (Phi) is 1.99. The van der Waals surface area contributed by atoms with Crippen LogP contribution in [0.25, 0.3) is 0 Å². The van der Waals surface area contributed by atoms with Crippen LogP contribution in [0.1, 0.15) is 24.5 Å². The van der Waals surface area contributed by atoms with Gasteiger partial charge in [-0.05, 0) is 56.1 Å². The summed E-state index contributed by atoms with van der Waals surface area (Å²) < 4.78 is 6.28. The highest BCUT2D eigenvalue weighted by Gasteiger charge is 2.60. The number of hydrogen-bond donors (Lipinski definition) is 1. The number of hydrogen-bond acceptors (Lipinski definition) is 3. The van der Waals surface area contributed by atoms with Crippen LogP contribution in [0.4, 0.5) is 0 Å². The number of likely N-dealkylation sites (tertiary alicyclic amines) is 1. The van der Waals surface area contributed by atoms with Crippen molar-refractivity contribution in [2.45, 2.75) is 37.3 Å². The number of nitrogens with zero attached hydrogens (tertiary/aromatic N) is 1. The van der Waals surface area contributed by atoms with E-state index >= 15 is 0 Å². The summed E-state index contributed by atoms with van der Waals surface area (Å²) in [6, 6.07) is 4.36. The van der Waals surface area contributed by atoms with E-state index in [9.17, 15) is 5.11 Å². The number of ether oxygens (including phenoxy) is 1. The maximum absolute atomic E-state index is 10.3. The molecule has 2 bridgehead atoms. The van der Waals surface area contributed by atoms with E-state index in [1.54, 1.807) is 6.07 Å². The molecule has 2 heterocycles. The van der Waals surface area contributed by atoms with Crippen LogP contribution in [0.3, 0.4) is 0 Å². The van der Waals surface area contributed by atoms with Crippen molar-refractivity contribution < 1.29 is 9.84 Å². The van der Waals surface area contributed by atoms with Gasteiger partial charge >= 0.3 is 0 Å². The average molecular weight is 281 g/mol. The molecular formula is C18H19NO2. The fourth-order valence-electron chi connectivity index (χ4n) is 5.00. The Balaban J connectivity index is 1.89. The number of piperidine rings is 1. The Labute approximate surface area is 124 Å². The Bertz CT molecular complexity index is 733. The molecule has 2 aliphatic heterocycles. The summed E-state index contributed by atoms with van der Waals surface area (Å²) in [5, 5.41) is 10.3. The lowest BCUT2D eigenvalue weighted by Gasteiger charge is -2.53. The van der Waals surface area contributed by atoms with Gasteiger partial charge in [0.15, 0.2) is 11.5 Å². The third-order valence-corrected chi connectivity index (χ3v) is 5.97. The maximum atomic E-state index is 10.3. The van der Waals surface area contributed by atoms with Gasteiger partial charge in [-0.25, -0.2) is 0 Å². The monoisotopic (exact) mass is 281 g/mol. The molecule has 2 aliphatic carbocycles. The number of phenols is 1. The van der Waals surface area contributed by atoms with E-state index in [4.69, 9.17) is 4.74 Å². The topological polar surface area (TPSA) is 32.7 Å². The normalized spacial score (nSPS) is 35.7. The summed E-state index contributed by atoms with van der Waals surface area (Å²) in [6.07, 6.45) is 6.69. The standard InChI is InChI=1S/C18H19NO2/c1-10-3-5-12-13-9-11-4-6-14(20)16-15(11)18(12,17(10)21-16)7-8-19(13)2/h3-6,13,17,20H,7-9H2,1-2H3/t13-,17+,18+/m1/s1. The maximum Gasteiger partial charge on any atom is 0.166 e. The lowest BCUT2D eigenvalue weighted by Crippen LogP contribution is -2.58. The third-order valence-electron chi connectivity index (χ3n) is 5.97. The minimum atomic E-state index is -0.0301. The van der Waals surface area contributed by atoms with Crippen molar-refractivity contribution in [3.8, 4) is 11.5 Å². The second-order valence-electron chi connectivity index (χ2n) is 6.90. The average Bonchev–Trinajstić information content (AvgIpc) is 2.83. The van der Waals surface area contributed by atoms with E-state index in [2.05, 4.69) is 37.1 Å². The van der Waals surface area contributed by atoms with E-state index in [1.165, 1.54) is 22.3 Å². The molecular weight excluding hydrogens is 262 g/mol. The predicted octanol–water partition coefficient (Wildman–Crippen LogP) is 2.54. The largest absolute Gasteiger partial charge is 0.504 e. The van der Waals surface area contributed by atoms with Crippen molar-refractivity contribution in [1.82, 2.24) is 4.90 Å². The molecule has 4 aliphatic rings. The Hall–Kier alpha value is -1.74. The van der Waals surface area contributed by atoms with Crippen LogP contribution in [-0.2, 0) is 11.8 Å². The number of phenolic OH excluding ortho intramolecular Hbond substituents is 1. The summed E-state index contributed by atoms with van der Waals surface area (Å²) in [5.74, 6) is 1.03. The number of allylic oxidation sites excluding steroid dienone is 2. The summed E-state index contributed by atoms with van der Waals surface area (Å²) in [4.78, 5) is 2.47. The summed E-state index contributed by atoms with van der Waals surface area (Å²) in [7, 11) is 2.22. The predicted molar refractivity (Wildman–Crippen MR) is 80.8 cm³/mol. The van der Waals surface area contributed by atoms with E-state index in [-0.39, 0.29) is 11.5 Å².